The van der Waals surface area contributed by atoms with Crippen molar-refractivity contribution in [3.05, 3.63) is 107 Å². The number of cyclic esters (lactones) is 1. The van der Waals surface area contributed by atoms with Crippen molar-refractivity contribution in [2.45, 2.75) is 171 Å². The Morgan fingerprint density at radius 2 is 1.48 bits per heavy atom. The van der Waals surface area contributed by atoms with Gasteiger partial charge < -0.3 is 39.0 Å². The van der Waals surface area contributed by atoms with Gasteiger partial charge in [-0.2, -0.15) is 0 Å². The summed E-state index contributed by atoms with van der Waals surface area (Å²) in [4.78, 5) is 109. The van der Waals surface area contributed by atoms with E-state index >= 15 is 0 Å². The lowest BCUT2D eigenvalue weighted by atomic mass is 9.77. The molecule has 7 rings (SSSR count). The summed E-state index contributed by atoms with van der Waals surface area (Å²) < 4.78 is 22.6. The highest BCUT2D eigenvalue weighted by Crippen LogP contribution is 2.38. The number of carbonyl (C=O) groups excluding carboxylic acids is 6. The lowest BCUT2D eigenvalue weighted by molar-refractivity contribution is -0.157. The molecule has 2 saturated heterocycles. The van der Waals surface area contributed by atoms with Crippen molar-refractivity contribution >= 4 is 47.9 Å². The minimum Gasteiger partial charge on any atom is -0.480 e. The Balaban J connectivity index is 0.000000258. The summed E-state index contributed by atoms with van der Waals surface area (Å²) in [6.45, 7) is 28.5. The fourth-order valence-corrected chi connectivity index (χ4v) is 11.0. The smallest absolute Gasteiger partial charge is 0.410 e. The fourth-order valence-electron chi connectivity index (χ4n) is 11.0. The maximum atomic E-state index is 13.8. The summed E-state index contributed by atoms with van der Waals surface area (Å²) in [7, 11) is 0. The molecule has 18 nitrogen and oxygen atoms in total. The predicted octanol–water partition coefficient (Wildman–Crippen LogP) is 9.44. The zero-order chi connectivity index (χ0) is 59.1. The van der Waals surface area contributed by atoms with E-state index in [1.807, 2.05) is 106 Å². The number of rotatable bonds is 12. The van der Waals surface area contributed by atoms with Gasteiger partial charge in [-0.1, -0.05) is 130 Å². The van der Waals surface area contributed by atoms with Crippen LogP contribution in [0.25, 0.3) is 0 Å². The number of ether oxygens (including phenoxy) is 4. The van der Waals surface area contributed by atoms with Gasteiger partial charge in [-0.25, -0.2) is 19.2 Å². The number of esters is 2. The molecule has 436 valence electrons. The van der Waals surface area contributed by atoms with Gasteiger partial charge in [0.1, 0.15) is 24.3 Å². The molecule has 4 bridgehead atoms. The molecule has 4 amide bonds. The number of hydrogen-bond acceptors (Lipinski definition) is 12. The van der Waals surface area contributed by atoms with Gasteiger partial charge in [0, 0.05) is 49.9 Å². The number of fused-ring (bicyclic) bond motifs is 4. The van der Waals surface area contributed by atoms with Gasteiger partial charge in [0.15, 0.2) is 0 Å². The summed E-state index contributed by atoms with van der Waals surface area (Å²) >= 11 is 0. The van der Waals surface area contributed by atoms with Gasteiger partial charge in [0.25, 0.3) is 0 Å². The number of nitrogens with zero attached hydrogens (tertiary/aromatic N) is 4. The van der Waals surface area contributed by atoms with E-state index < -0.39 is 94.8 Å². The largest absolute Gasteiger partial charge is 0.480 e. The van der Waals surface area contributed by atoms with Gasteiger partial charge in [-0.15, -0.1) is 13.2 Å². The Labute approximate surface area is 471 Å². The van der Waals surface area contributed by atoms with Gasteiger partial charge in [-0.3, -0.25) is 29.0 Å². The molecule has 2 N–H and O–H groups in total. The van der Waals surface area contributed by atoms with E-state index in [4.69, 9.17) is 18.9 Å². The molecule has 0 spiro atoms. The minimum absolute atomic E-state index is 0.000848. The highest BCUT2D eigenvalue weighted by molar-refractivity contribution is 5.90. The molecule has 80 heavy (non-hydrogen) atoms. The first-order chi connectivity index (χ1) is 37.4. The van der Waals surface area contributed by atoms with Crippen LogP contribution in [-0.4, -0.2) is 128 Å². The third-order valence-electron chi connectivity index (χ3n) is 15.8. The first-order valence-corrected chi connectivity index (χ1v) is 27.8. The maximum absolute atomic E-state index is 13.8. The van der Waals surface area contributed by atoms with E-state index in [1.54, 1.807) is 15.9 Å². The second-order valence-corrected chi connectivity index (χ2v) is 25.8. The number of likely N-dealkylation sites (tertiary alicyclic amines) is 1. The second-order valence-electron chi connectivity index (χ2n) is 25.8. The van der Waals surface area contributed by atoms with Crippen molar-refractivity contribution in [2.24, 2.45) is 33.5 Å². The van der Waals surface area contributed by atoms with Crippen molar-refractivity contribution < 1.29 is 67.5 Å². The van der Waals surface area contributed by atoms with Crippen LogP contribution in [-0.2, 0) is 86.7 Å². The van der Waals surface area contributed by atoms with Crippen molar-refractivity contribution in [1.29, 1.82) is 0 Å². The van der Waals surface area contributed by atoms with Crippen molar-refractivity contribution in [3.63, 3.8) is 0 Å². The molecular weight excluding hydrogens is 1020 g/mol. The summed E-state index contributed by atoms with van der Waals surface area (Å²) in [5.74, 6) is -5.87. The second kappa shape index (κ2) is 25.6. The predicted molar refractivity (Wildman–Crippen MR) is 298 cm³/mol. The first-order valence-electron chi connectivity index (χ1n) is 27.8. The number of benzene rings is 2. The lowest BCUT2D eigenvalue weighted by Crippen LogP contribution is -2.47. The summed E-state index contributed by atoms with van der Waals surface area (Å²) in [5, 5.41) is 19.8. The SMILES string of the molecule is C=CCc1cccc2c1CN(C(=O)O[C@@H]1C[C@@H](C(=O)O)N(C(=O)[C@@H](CC(=O)OCC(C)(C)CC=C)C(C)(C)C)C1)C2.CC1(C)CC=CCc2cccc3c2CN(C3)C(=O)O[C@@H]2C[C@@H](C(=O)O)N(C2)C(=O)[C@H](C(C)(C)C)CC(=O)OC1. The Hall–Kier alpha value is -6.98. The monoisotopic (exact) mass is 1110 g/mol. The molecule has 0 saturated carbocycles. The summed E-state index contributed by atoms with van der Waals surface area (Å²) in [6.07, 6.45) is 7.58. The molecule has 0 radical (unpaired) electrons. The molecule has 0 aliphatic carbocycles. The molecule has 18 heteroatoms. The third kappa shape index (κ3) is 15.9. The van der Waals surface area contributed by atoms with Gasteiger partial charge in [0.2, 0.25) is 11.8 Å². The molecule has 5 aliphatic rings. The van der Waals surface area contributed by atoms with E-state index in [2.05, 4.69) is 31.4 Å². The number of allylic oxidation sites excluding steroid dienone is 4. The molecule has 0 aromatic heterocycles. The molecule has 5 aliphatic heterocycles. The Morgan fingerprint density at radius 3 is 2.11 bits per heavy atom. The van der Waals surface area contributed by atoms with Crippen LogP contribution in [0.15, 0.2) is 73.9 Å². The molecule has 2 aromatic rings. The van der Waals surface area contributed by atoms with Crippen LogP contribution in [0, 0.1) is 33.5 Å². The average molecular weight is 1110 g/mol. The quantitative estimate of drug-likeness (QED) is 0.115. The van der Waals surface area contributed by atoms with Crippen LogP contribution in [0.4, 0.5) is 9.59 Å². The summed E-state index contributed by atoms with van der Waals surface area (Å²) in [6, 6.07) is 9.68. The van der Waals surface area contributed by atoms with E-state index in [-0.39, 0.29) is 62.8 Å². The Bertz CT molecular complexity index is 2710. The van der Waals surface area contributed by atoms with Gasteiger partial charge in [-0.05, 0) is 69.9 Å². The van der Waals surface area contributed by atoms with Crippen molar-refractivity contribution in [2.75, 3.05) is 26.3 Å². The molecular formula is C62H84N4O14. The van der Waals surface area contributed by atoms with Gasteiger partial charge in [0.05, 0.1) is 51.0 Å². The van der Waals surface area contributed by atoms with Crippen molar-refractivity contribution in [1.82, 2.24) is 19.6 Å². The molecule has 0 unspecified atom stereocenters. The zero-order valence-corrected chi connectivity index (χ0v) is 48.5. The minimum atomic E-state index is -1.18. The number of carboxylic acids is 2. The molecule has 2 aromatic carbocycles. The topological polar surface area (TPSA) is 227 Å². The third-order valence-corrected chi connectivity index (χ3v) is 15.8. The van der Waals surface area contributed by atoms with E-state index in [0.29, 0.717) is 45.4 Å². The lowest BCUT2D eigenvalue weighted by Gasteiger charge is -2.34. The number of hydrogen-bond donors (Lipinski definition) is 2. The number of amides is 4. The van der Waals surface area contributed by atoms with E-state index in [0.717, 1.165) is 39.8 Å². The number of carboxylic acid groups (broad SMARTS) is 2. The standard InChI is InChI=1S/C32H44N2O7.C30H40N2O7/c1-8-11-21-12-10-13-22-17-33(19-24(21)22)30(39)41-23-15-26(29(37)38)34(18-23)28(36)25(31(3,4)5)16-27(35)40-20-32(6,7)14-9-2;1-29(2,3)23-14-25(33)38-18-30(4,5)12-7-6-9-19-10-8-11-20-15-31(17-22(19)20)28(37)39-21-13-24(27(35)36)32(16-21)26(23)34/h8-10,12-13,23,25-26H,1-2,11,14-20H2,3-7H3,(H,37,38);6-8,10-11,21,23-24H,9,12-18H2,1-5H3,(H,35,36)/t23-,25-,26+;21-,23-,24+/m11/s1. The van der Waals surface area contributed by atoms with Crippen LogP contribution in [0.5, 0.6) is 0 Å². The van der Waals surface area contributed by atoms with E-state index in [1.165, 1.54) is 9.80 Å². The van der Waals surface area contributed by atoms with Crippen LogP contribution in [0.3, 0.4) is 0 Å². The van der Waals surface area contributed by atoms with Crippen LogP contribution in [0.2, 0.25) is 0 Å². The number of aliphatic carboxylic acids is 2. The van der Waals surface area contributed by atoms with Crippen LogP contribution < -0.4 is 0 Å². The summed E-state index contributed by atoms with van der Waals surface area (Å²) in [5.41, 5.74) is 4.66. The number of carbonyl (C=O) groups is 8. The zero-order valence-electron chi connectivity index (χ0n) is 48.5. The highest BCUT2D eigenvalue weighted by Gasteiger charge is 2.49. The Kier molecular flexibility index (Phi) is 19.9. The first kappa shape index (κ1) is 62.2. The fraction of sp³-hybridized carbons (Fsp3) is 0.581. The normalized spacial score (nSPS) is 22.7. The molecule has 6 atom stereocenters. The van der Waals surface area contributed by atoms with Crippen LogP contribution >= 0.6 is 0 Å². The average Bonchev–Trinajstić information content (AvgIpc) is 4.20. The maximum Gasteiger partial charge on any atom is 0.410 e. The Morgan fingerprint density at radius 1 is 0.812 bits per heavy atom. The highest BCUT2D eigenvalue weighted by atomic mass is 16.6. The molecule has 2 fully saturated rings. The molecule has 5 heterocycles. The van der Waals surface area contributed by atoms with Crippen molar-refractivity contribution in [3.8, 4) is 0 Å². The van der Waals surface area contributed by atoms with Gasteiger partial charge >= 0.3 is 36.1 Å². The van der Waals surface area contributed by atoms with Crippen LogP contribution in [0.1, 0.15) is 141 Å². The van der Waals surface area contributed by atoms with E-state index in [9.17, 15) is 48.6 Å².